The molecule has 1 aromatic carbocycles. The van der Waals surface area contributed by atoms with Gasteiger partial charge in [-0.15, -0.1) is 0 Å². The van der Waals surface area contributed by atoms with Gasteiger partial charge in [-0.1, -0.05) is 30.3 Å². The normalized spacial score (nSPS) is 11.9. The molecule has 3 rings (SSSR count). The second-order valence-corrected chi connectivity index (χ2v) is 7.32. The maximum Gasteiger partial charge on any atom is 0.285 e. The van der Waals surface area contributed by atoms with Gasteiger partial charge in [0.2, 0.25) is 0 Å². The molecule has 0 fully saturated rings. The van der Waals surface area contributed by atoms with Gasteiger partial charge < -0.3 is 4.57 Å². The number of ketones is 1. The van der Waals surface area contributed by atoms with Gasteiger partial charge in [0.15, 0.2) is 5.78 Å². The van der Waals surface area contributed by atoms with Crippen molar-refractivity contribution in [3.05, 3.63) is 86.1 Å². The Bertz CT molecular complexity index is 1180. The molecule has 1 unspecified atom stereocenters. The number of carbonyl (C=O) groups is 1. The molecule has 0 saturated heterocycles. The van der Waals surface area contributed by atoms with E-state index in [1.165, 1.54) is 0 Å². The van der Waals surface area contributed by atoms with E-state index in [0.29, 0.717) is 16.8 Å². The van der Waals surface area contributed by atoms with Crippen molar-refractivity contribution in [1.82, 2.24) is 14.3 Å². The largest absolute Gasteiger partial charge is 0.341 e. The summed E-state index contributed by atoms with van der Waals surface area (Å²) < 4.78 is 3.22. The van der Waals surface area contributed by atoms with Crippen LogP contribution in [0, 0.1) is 39.0 Å². The van der Waals surface area contributed by atoms with Gasteiger partial charge in [0, 0.05) is 17.0 Å². The molecule has 29 heavy (non-hydrogen) atoms. The highest BCUT2D eigenvalue weighted by Gasteiger charge is 2.21. The van der Waals surface area contributed by atoms with E-state index in [9.17, 15) is 14.9 Å². The topological polar surface area (TPSA) is 80.7 Å². The van der Waals surface area contributed by atoms with Crippen LogP contribution < -0.4 is 5.56 Å². The lowest BCUT2D eigenvalue weighted by Gasteiger charge is -2.19. The highest BCUT2D eigenvalue weighted by Crippen LogP contribution is 2.26. The van der Waals surface area contributed by atoms with Crippen LogP contribution >= 0.6 is 0 Å². The first-order chi connectivity index (χ1) is 13.8. The Labute approximate surface area is 170 Å². The number of benzene rings is 1. The molecule has 2 aromatic heterocycles. The molecule has 6 heteroatoms. The van der Waals surface area contributed by atoms with Crippen LogP contribution in [0.3, 0.4) is 0 Å². The first-order valence-corrected chi connectivity index (χ1v) is 9.51. The third-order valence-corrected chi connectivity index (χ3v) is 5.50. The van der Waals surface area contributed by atoms with Gasteiger partial charge in [-0.25, -0.2) is 4.68 Å². The zero-order valence-electron chi connectivity index (χ0n) is 17.4. The molecule has 0 aliphatic heterocycles. The number of hydrogen-bond donors (Lipinski definition) is 0. The number of rotatable bonds is 5. The van der Waals surface area contributed by atoms with E-state index >= 15 is 0 Å². The lowest BCUT2D eigenvalue weighted by atomic mass is 10.1. The third kappa shape index (κ3) is 3.64. The third-order valence-electron chi connectivity index (χ3n) is 5.50. The minimum absolute atomic E-state index is 0.0356. The quantitative estimate of drug-likeness (QED) is 0.625. The second-order valence-electron chi connectivity index (χ2n) is 7.32. The molecule has 0 aliphatic rings. The number of aryl methyl sites for hydroxylation is 2. The van der Waals surface area contributed by atoms with Crippen LogP contribution in [0.2, 0.25) is 0 Å². The zero-order valence-corrected chi connectivity index (χ0v) is 17.4. The predicted molar refractivity (Wildman–Crippen MR) is 111 cm³/mol. The van der Waals surface area contributed by atoms with E-state index in [1.807, 2.05) is 44.2 Å². The predicted octanol–water partition coefficient (Wildman–Crippen LogP) is 3.64. The van der Waals surface area contributed by atoms with Crippen molar-refractivity contribution < 1.29 is 4.79 Å². The Morgan fingerprint density at radius 2 is 1.83 bits per heavy atom. The summed E-state index contributed by atoms with van der Waals surface area (Å²) in [5, 5.41) is 13.5. The van der Waals surface area contributed by atoms with Gasteiger partial charge in [0.25, 0.3) is 5.56 Å². The van der Waals surface area contributed by atoms with Crippen LogP contribution in [0.15, 0.2) is 41.2 Å². The summed E-state index contributed by atoms with van der Waals surface area (Å²) in [6.07, 6.45) is 0. The van der Waals surface area contributed by atoms with Crippen LogP contribution in [0.4, 0.5) is 0 Å². The van der Waals surface area contributed by atoms with Gasteiger partial charge in [0.05, 0.1) is 11.7 Å². The Hall–Kier alpha value is -3.46. The monoisotopic (exact) mass is 388 g/mol. The molecule has 0 aliphatic carbocycles. The van der Waals surface area contributed by atoms with Crippen molar-refractivity contribution in [3.8, 4) is 6.07 Å². The molecule has 0 N–H and O–H groups in total. The number of Topliss-reactive ketones (excluding diaryl/α,β-unsaturated/α-hetero) is 1. The number of hydrogen-bond acceptors (Lipinski definition) is 4. The molecule has 0 bridgehead atoms. The standard InChI is InChI=1S/C23H24N4O2/c1-14-11-20(18(5)27(14)17(4)19-9-7-6-8-10-19)22(28)13-26-23(29)21(12-24)15(2)16(3)25-26/h6-11,17H,13H2,1-5H3. The zero-order chi connectivity index (χ0) is 21.3. The summed E-state index contributed by atoms with van der Waals surface area (Å²) >= 11 is 0. The molecule has 0 saturated carbocycles. The Balaban J connectivity index is 1.98. The van der Waals surface area contributed by atoms with Gasteiger partial charge in [-0.2, -0.15) is 10.4 Å². The Kier molecular flexibility index (Phi) is 5.51. The first kappa shape index (κ1) is 20.3. The fourth-order valence-electron chi connectivity index (χ4n) is 3.77. The first-order valence-electron chi connectivity index (χ1n) is 9.51. The SMILES string of the molecule is Cc1nn(CC(=O)c2cc(C)n(C(C)c3ccccc3)c2C)c(=O)c(C#N)c1C. The van der Waals surface area contributed by atoms with Crippen molar-refractivity contribution in [2.24, 2.45) is 0 Å². The number of nitriles is 1. The average Bonchev–Trinajstić information content (AvgIpc) is 3.01. The summed E-state index contributed by atoms with van der Waals surface area (Å²) in [4.78, 5) is 25.5. The average molecular weight is 388 g/mol. The fraction of sp³-hybridized carbons (Fsp3) is 0.304. The van der Waals surface area contributed by atoms with Gasteiger partial charge in [-0.3, -0.25) is 9.59 Å². The highest BCUT2D eigenvalue weighted by atomic mass is 16.1. The van der Waals surface area contributed by atoms with Crippen molar-refractivity contribution in [1.29, 1.82) is 5.26 Å². The second kappa shape index (κ2) is 7.88. The highest BCUT2D eigenvalue weighted by molar-refractivity contribution is 5.97. The molecule has 6 nitrogen and oxygen atoms in total. The van der Waals surface area contributed by atoms with E-state index < -0.39 is 5.56 Å². The van der Waals surface area contributed by atoms with Crippen molar-refractivity contribution in [2.75, 3.05) is 0 Å². The molecular formula is C23H24N4O2. The van der Waals surface area contributed by atoms with Gasteiger partial charge >= 0.3 is 0 Å². The molecule has 148 valence electrons. The van der Waals surface area contributed by atoms with Crippen LogP contribution in [0.5, 0.6) is 0 Å². The summed E-state index contributed by atoms with van der Waals surface area (Å²) in [6.45, 7) is 9.20. The van der Waals surface area contributed by atoms with E-state index in [2.05, 4.69) is 28.7 Å². The van der Waals surface area contributed by atoms with E-state index in [-0.39, 0.29) is 23.9 Å². The van der Waals surface area contributed by atoms with Crippen molar-refractivity contribution >= 4 is 5.78 Å². The van der Waals surface area contributed by atoms with E-state index in [1.54, 1.807) is 13.8 Å². The Morgan fingerprint density at radius 1 is 1.17 bits per heavy atom. The van der Waals surface area contributed by atoms with Crippen molar-refractivity contribution in [2.45, 2.75) is 47.2 Å². The number of aromatic nitrogens is 3. The molecule has 0 amide bonds. The molecule has 0 radical (unpaired) electrons. The molecule has 0 spiro atoms. The number of carbonyl (C=O) groups excluding carboxylic acids is 1. The lowest BCUT2D eigenvalue weighted by Crippen LogP contribution is -2.30. The summed E-state index contributed by atoms with van der Waals surface area (Å²) in [7, 11) is 0. The van der Waals surface area contributed by atoms with Crippen molar-refractivity contribution in [3.63, 3.8) is 0 Å². The minimum atomic E-state index is -0.532. The van der Waals surface area contributed by atoms with Crippen LogP contribution in [0.25, 0.3) is 0 Å². The van der Waals surface area contributed by atoms with E-state index in [0.717, 1.165) is 21.6 Å². The smallest absolute Gasteiger partial charge is 0.285 e. The maximum atomic E-state index is 13.0. The summed E-state index contributed by atoms with van der Waals surface area (Å²) in [6, 6.07) is 14.0. The Morgan fingerprint density at radius 3 is 2.45 bits per heavy atom. The van der Waals surface area contributed by atoms with E-state index in [4.69, 9.17) is 0 Å². The fourth-order valence-corrected chi connectivity index (χ4v) is 3.77. The minimum Gasteiger partial charge on any atom is -0.341 e. The molecular weight excluding hydrogens is 364 g/mol. The molecule has 1 atom stereocenters. The summed E-state index contributed by atoms with van der Waals surface area (Å²) in [5.74, 6) is -0.202. The van der Waals surface area contributed by atoms with Crippen LogP contribution in [-0.2, 0) is 6.54 Å². The van der Waals surface area contributed by atoms with Crippen LogP contribution in [0.1, 0.15) is 57.1 Å². The lowest BCUT2D eigenvalue weighted by molar-refractivity contribution is 0.0964. The van der Waals surface area contributed by atoms with Gasteiger partial charge in [0.1, 0.15) is 18.2 Å². The van der Waals surface area contributed by atoms with Crippen LogP contribution in [-0.4, -0.2) is 20.1 Å². The maximum absolute atomic E-state index is 13.0. The van der Waals surface area contributed by atoms with Gasteiger partial charge in [-0.05, 0) is 51.8 Å². The number of nitrogens with zero attached hydrogens (tertiary/aromatic N) is 4. The summed E-state index contributed by atoms with van der Waals surface area (Å²) in [5.41, 5.74) is 4.16. The molecule has 2 heterocycles. The molecule has 3 aromatic rings.